The minimum atomic E-state index is -5.19. The third-order valence-electron chi connectivity index (χ3n) is 4.16. The number of benzene rings is 2. The lowest BCUT2D eigenvalue weighted by Gasteiger charge is -2.13. The Morgan fingerprint density at radius 2 is 1.79 bits per heavy atom. The van der Waals surface area contributed by atoms with Crippen LogP contribution in [0.3, 0.4) is 0 Å². The van der Waals surface area contributed by atoms with Crippen LogP contribution < -0.4 is 10.4 Å². The zero-order valence-corrected chi connectivity index (χ0v) is 14.8. The van der Waals surface area contributed by atoms with Crippen molar-refractivity contribution in [3.8, 4) is 17.2 Å². The maximum atomic E-state index is 13.3. The van der Waals surface area contributed by atoms with E-state index in [1.165, 1.54) is 18.2 Å². The molecular weight excluding hydrogens is 398 g/mol. The summed E-state index contributed by atoms with van der Waals surface area (Å²) in [6, 6.07) is 9.11. The Kier molecular flexibility index (Phi) is 6.70. The van der Waals surface area contributed by atoms with Crippen molar-refractivity contribution in [3.05, 3.63) is 58.9 Å². The molecule has 1 heterocycles. The molecule has 2 aromatic rings. The summed E-state index contributed by atoms with van der Waals surface area (Å²) in [4.78, 5) is 8.78. The van der Waals surface area contributed by atoms with Gasteiger partial charge in [-0.2, -0.15) is 13.2 Å². The number of carbonyl (C=O) groups excluding carboxylic acids is 1. The number of rotatable bonds is 2. The predicted octanol–water partition coefficient (Wildman–Crippen LogP) is 1.33. The molecule has 0 amide bonds. The molecule has 29 heavy (non-hydrogen) atoms. The van der Waals surface area contributed by atoms with Crippen LogP contribution in [0.2, 0.25) is 0 Å². The molecular formula is C19H17F4NO5. The summed E-state index contributed by atoms with van der Waals surface area (Å²) in [5, 5.41) is 40.0. The largest absolute Gasteiger partial charge is 0.542 e. The smallest absolute Gasteiger partial charge is 0.430 e. The van der Waals surface area contributed by atoms with E-state index < -0.39 is 17.9 Å². The highest BCUT2D eigenvalue weighted by Gasteiger charge is 2.30. The van der Waals surface area contributed by atoms with Gasteiger partial charge in [-0.3, -0.25) is 0 Å². The second-order valence-electron chi connectivity index (χ2n) is 6.18. The van der Waals surface area contributed by atoms with E-state index in [1.54, 1.807) is 12.1 Å². The van der Waals surface area contributed by atoms with Gasteiger partial charge in [-0.05, 0) is 41.5 Å². The molecule has 0 aliphatic carbocycles. The number of phenols is 3. The molecule has 10 heteroatoms. The predicted molar refractivity (Wildman–Crippen MR) is 91.0 cm³/mol. The van der Waals surface area contributed by atoms with Gasteiger partial charge in [0.1, 0.15) is 17.8 Å². The monoisotopic (exact) mass is 415 g/mol. The number of quaternary nitrogens is 1. The highest BCUT2D eigenvalue weighted by atomic mass is 19.4. The first kappa shape index (κ1) is 22.0. The summed E-state index contributed by atoms with van der Waals surface area (Å²) in [7, 11) is 0. The van der Waals surface area contributed by atoms with Crippen LogP contribution in [-0.4, -0.2) is 34.0 Å². The average molecular weight is 415 g/mol. The number of aromatic hydroxyl groups is 3. The molecule has 1 fully saturated rings. The van der Waals surface area contributed by atoms with E-state index in [9.17, 15) is 32.9 Å². The second kappa shape index (κ2) is 8.82. The molecule has 6 nitrogen and oxygen atoms in total. The lowest BCUT2D eigenvalue weighted by Crippen LogP contribution is -2.82. The number of nitrogens with two attached hydrogens (primary N) is 1. The van der Waals surface area contributed by atoms with Gasteiger partial charge in [-0.1, -0.05) is 12.1 Å². The Balaban J connectivity index is 0.000000370. The molecule has 5 N–H and O–H groups in total. The van der Waals surface area contributed by atoms with E-state index in [-0.39, 0.29) is 23.4 Å². The summed E-state index contributed by atoms with van der Waals surface area (Å²) in [6.45, 7) is 0.840. The summed E-state index contributed by atoms with van der Waals surface area (Å²) in [5.41, 5.74) is 2.33. The van der Waals surface area contributed by atoms with Crippen molar-refractivity contribution in [1.29, 1.82) is 0 Å². The summed E-state index contributed by atoms with van der Waals surface area (Å²) < 4.78 is 44.8. The van der Waals surface area contributed by atoms with E-state index in [4.69, 9.17) is 9.90 Å². The summed E-state index contributed by atoms with van der Waals surface area (Å²) in [5.74, 6) is -4.48. The lowest BCUT2D eigenvalue weighted by atomic mass is 9.96. The van der Waals surface area contributed by atoms with Gasteiger partial charge in [0.2, 0.25) is 5.75 Å². The quantitative estimate of drug-likeness (QED) is 0.436. The Bertz CT molecular complexity index is 927. The molecule has 0 radical (unpaired) electrons. The first-order chi connectivity index (χ1) is 13.5. The van der Waals surface area contributed by atoms with Crippen LogP contribution in [0.1, 0.15) is 23.6 Å². The molecule has 156 valence electrons. The van der Waals surface area contributed by atoms with Crippen molar-refractivity contribution >= 4 is 12.0 Å². The van der Waals surface area contributed by atoms with Gasteiger partial charge in [0.05, 0.1) is 12.1 Å². The molecule has 0 aromatic heterocycles. The maximum absolute atomic E-state index is 13.3. The second-order valence-corrected chi connectivity index (χ2v) is 6.18. The number of alkyl halides is 3. The molecule has 0 bridgehead atoms. The van der Waals surface area contributed by atoms with Gasteiger partial charge in [0.15, 0.2) is 11.5 Å². The normalized spacial score (nSPS) is 17.7. The molecule has 1 saturated heterocycles. The van der Waals surface area contributed by atoms with Crippen LogP contribution in [0.4, 0.5) is 17.6 Å². The SMILES string of the molecule is O=C([O-])C(F)(F)F.Oc1ccc(C2[NH2+]CC/C2=C\c2cccc(F)c2)c(O)c1O. The van der Waals surface area contributed by atoms with Crippen molar-refractivity contribution in [3.63, 3.8) is 0 Å². The first-order valence-electron chi connectivity index (χ1n) is 8.32. The minimum absolute atomic E-state index is 0.158. The van der Waals surface area contributed by atoms with E-state index in [0.717, 1.165) is 24.1 Å². The Morgan fingerprint density at radius 1 is 1.14 bits per heavy atom. The fourth-order valence-electron chi connectivity index (χ4n) is 2.86. The van der Waals surface area contributed by atoms with Crippen molar-refractivity contribution in [2.45, 2.75) is 18.6 Å². The average Bonchev–Trinajstić information content (AvgIpc) is 3.07. The molecule has 0 spiro atoms. The highest BCUT2D eigenvalue weighted by molar-refractivity contribution is 5.70. The third-order valence-corrected chi connectivity index (χ3v) is 4.16. The topological polar surface area (TPSA) is 117 Å². The number of carboxylic acid groups (broad SMARTS) is 1. The molecule has 0 saturated carbocycles. The van der Waals surface area contributed by atoms with Crippen LogP contribution in [0, 0.1) is 5.82 Å². The fourth-order valence-corrected chi connectivity index (χ4v) is 2.86. The summed E-state index contributed by atoms with van der Waals surface area (Å²) in [6.07, 6.45) is -2.48. The van der Waals surface area contributed by atoms with E-state index in [0.29, 0.717) is 5.56 Å². The lowest BCUT2D eigenvalue weighted by molar-refractivity contribution is -0.671. The zero-order valence-electron chi connectivity index (χ0n) is 14.8. The Hall–Kier alpha value is -3.27. The van der Waals surface area contributed by atoms with Crippen molar-refractivity contribution in [1.82, 2.24) is 0 Å². The molecule has 1 aliphatic heterocycles. The van der Waals surface area contributed by atoms with Crippen molar-refractivity contribution in [2.75, 3.05) is 6.54 Å². The van der Waals surface area contributed by atoms with E-state index in [2.05, 4.69) is 0 Å². The van der Waals surface area contributed by atoms with Gasteiger partial charge in [0.25, 0.3) is 0 Å². The van der Waals surface area contributed by atoms with Crippen LogP contribution in [0.15, 0.2) is 42.0 Å². The number of phenolic OH excluding ortho intramolecular Hbond substituents is 3. The number of carboxylic acids is 1. The number of hydrogen-bond donors (Lipinski definition) is 4. The number of aliphatic carboxylic acids is 1. The molecule has 2 aromatic carbocycles. The van der Waals surface area contributed by atoms with Gasteiger partial charge in [0, 0.05) is 6.42 Å². The molecule has 1 atom stereocenters. The Morgan fingerprint density at radius 3 is 2.38 bits per heavy atom. The molecule has 1 unspecified atom stereocenters. The van der Waals surface area contributed by atoms with Crippen LogP contribution in [0.5, 0.6) is 17.2 Å². The van der Waals surface area contributed by atoms with Gasteiger partial charge in [-0.15, -0.1) is 0 Å². The van der Waals surface area contributed by atoms with E-state index >= 15 is 0 Å². The van der Waals surface area contributed by atoms with Crippen molar-refractivity contribution in [2.24, 2.45) is 0 Å². The number of halogens is 4. The fraction of sp³-hybridized carbons (Fsp3) is 0.211. The third kappa shape index (κ3) is 5.61. The van der Waals surface area contributed by atoms with Crippen LogP contribution in [0.25, 0.3) is 6.08 Å². The minimum Gasteiger partial charge on any atom is -0.542 e. The van der Waals surface area contributed by atoms with Gasteiger partial charge < -0.3 is 30.5 Å². The van der Waals surface area contributed by atoms with Crippen LogP contribution >= 0.6 is 0 Å². The van der Waals surface area contributed by atoms with E-state index in [1.807, 2.05) is 17.5 Å². The zero-order chi connectivity index (χ0) is 21.8. The number of carbonyl (C=O) groups is 1. The number of hydrogen-bond acceptors (Lipinski definition) is 5. The van der Waals surface area contributed by atoms with Crippen LogP contribution in [-0.2, 0) is 4.79 Å². The Labute approximate surface area is 162 Å². The van der Waals surface area contributed by atoms with Crippen molar-refractivity contribution < 1.29 is 48.1 Å². The molecule has 3 rings (SSSR count). The first-order valence-corrected chi connectivity index (χ1v) is 8.32. The highest BCUT2D eigenvalue weighted by Crippen LogP contribution is 2.41. The standard InChI is InChI=1S/C17H16FNO3.C2HF3O2/c18-12-3-1-2-10(9-12)8-11-6-7-19-15(11)13-4-5-14(20)17(22)16(13)21;3-2(4,5)1(6)7/h1-5,8-9,15,19-22H,6-7H2;(H,6,7)/b11-8+;. The molecule has 1 aliphatic rings. The van der Waals surface area contributed by atoms with Gasteiger partial charge in [-0.25, -0.2) is 4.39 Å². The summed E-state index contributed by atoms with van der Waals surface area (Å²) >= 11 is 0. The maximum Gasteiger partial charge on any atom is 0.430 e. The van der Waals surface area contributed by atoms with Gasteiger partial charge >= 0.3 is 6.18 Å².